The molecule has 0 amide bonds. The van der Waals surface area contributed by atoms with Crippen LogP contribution in [-0.2, 0) is 6.42 Å². The molecular weight excluding hydrogens is 316 g/mol. The summed E-state index contributed by atoms with van der Waals surface area (Å²) in [6.45, 7) is 5.82. The number of hydrogen-bond donors (Lipinski definition) is 2. The van der Waals surface area contributed by atoms with E-state index in [0.29, 0.717) is 10.7 Å². The standard InChI is InChI=1S/C20H24N2OS/c1-4-6-16-9-11-17(12-10-16)14(2)21-20(24)22-19-8-5-7-18(13-19)15(3)23/h5,7-14H,4,6H2,1-3H3,(H2,21,22,24). The lowest BCUT2D eigenvalue weighted by atomic mass is 10.0. The molecule has 2 rings (SSSR count). The van der Waals surface area contributed by atoms with E-state index in [0.717, 1.165) is 18.5 Å². The Kier molecular flexibility index (Phi) is 6.50. The first-order chi connectivity index (χ1) is 11.5. The van der Waals surface area contributed by atoms with Gasteiger partial charge in [0.2, 0.25) is 0 Å². The molecule has 2 N–H and O–H groups in total. The highest BCUT2D eigenvalue weighted by Gasteiger charge is 2.08. The summed E-state index contributed by atoms with van der Waals surface area (Å²) in [4.78, 5) is 11.4. The monoisotopic (exact) mass is 340 g/mol. The molecule has 0 aliphatic carbocycles. The molecule has 24 heavy (non-hydrogen) atoms. The number of nitrogens with one attached hydrogen (secondary N) is 2. The van der Waals surface area contributed by atoms with Crippen molar-refractivity contribution in [2.45, 2.75) is 39.7 Å². The normalized spacial score (nSPS) is 11.6. The zero-order chi connectivity index (χ0) is 17.5. The Morgan fingerprint density at radius 1 is 1.17 bits per heavy atom. The van der Waals surface area contributed by atoms with Gasteiger partial charge >= 0.3 is 0 Å². The SMILES string of the molecule is CCCc1ccc(C(C)NC(=S)Nc2cccc(C(C)=O)c2)cc1. The molecule has 4 heteroatoms. The van der Waals surface area contributed by atoms with Gasteiger partial charge in [0.1, 0.15) is 0 Å². The van der Waals surface area contributed by atoms with Crippen molar-refractivity contribution in [3.63, 3.8) is 0 Å². The second kappa shape index (κ2) is 8.60. The van der Waals surface area contributed by atoms with E-state index in [1.165, 1.54) is 11.1 Å². The number of aryl methyl sites for hydroxylation is 1. The van der Waals surface area contributed by atoms with Gasteiger partial charge in [-0.25, -0.2) is 0 Å². The van der Waals surface area contributed by atoms with Gasteiger partial charge in [0.15, 0.2) is 10.9 Å². The van der Waals surface area contributed by atoms with Gasteiger partial charge in [0.25, 0.3) is 0 Å². The van der Waals surface area contributed by atoms with E-state index in [9.17, 15) is 4.79 Å². The number of benzene rings is 2. The topological polar surface area (TPSA) is 41.1 Å². The van der Waals surface area contributed by atoms with Crippen molar-refractivity contribution in [1.29, 1.82) is 0 Å². The van der Waals surface area contributed by atoms with Crippen LogP contribution in [0.25, 0.3) is 0 Å². The molecule has 0 bridgehead atoms. The number of ketones is 1. The fourth-order valence-corrected chi connectivity index (χ4v) is 2.82. The lowest BCUT2D eigenvalue weighted by Crippen LogP contribution is -2.30. The van der Waals surface area contributed by atoms with Crippen molar-refractivity contribution in [3.05, 3.63) is 65.2 Å². The summed E-state index contributed by atoms with van der Waals surface area (Å²) >= 11 is 5.38. The fourth-order valence-electron chi connectivity index (χ4n) is 2.52. The third-order valence-electron chi connectivity index (χ3n) is 3.89. The van der Waals surface area contributed by atoms with Crippen molar-refractivity contribution >= 4 is 28.8 Å². The van der Waals surface area contributed by atoms with E-state index in [1.54, 1.807) is 19.1 Å². The maximum Gasteiger partial charge on any atom is 0.171 e. The molecular formula is C20H24N2OS. The van der Waals surface area contributed by atoms with E-state index in [4.69, 9.17) is 12.2 Å². The van der Waals surface area contributed by atoms with Crippen molar-refractivity contribution in [2.24, 2.45) is 0 Å². The molecule has 0 heterocycles. The van der Waals surface area contributed by atoms with E-state index < -0.39 is 0 Å². The third kappa shape index (κ3) is 5.17. The molecule has 2 aromatic carbocycles. The highest BCUT2D eigenvalue weighted by Crippen LogP contribution is 2.15. The molecule has 0 saturated heterocycles. The quantitative estimate of drug-likeness (QED) is 0.580. The second-order valence-electron chi connectivity index (χ2n) is 5.95. The van der Waals surface area contributed by atoms with Crippen LogP contribution in [0.3, 0.4) is 0 Å². The van der Waals surface area contributed by atoms with Crippen LogP contribution in [0.1, 0.15) is 54.7 Å². The summed E-state index contributed by atoms with van der Waals surface area (Å²) in [5.74, 6) is 0.0399. The number of thiocarbonyl (C=S) groups is 1. The van der Waals surface area contributed by atoms with Crippen LogP contribution in [0, 0.1) is 0 Å². The summed E-state index contributed by atoms with van der Waals surface area (Å²) in [7, 11) is 0. The minimum absolute atomic E-state index is 0.0399. The molecule has 0 fully saturated rings. The lowest BCUT2D eigenvalue weighted by molar-refractivity contribution is 0.101. The molecule has 0 radical (unpaired) electrons. The first-order valence-electron chi connectivity index (χ1n) is 8.27. The number of hydrogen-bond acceptors (Lipinski definition) is 2. The average Bonchev–Trinajstić information content (AvgIpc) is 2.55. The Labute approximate surface area is 149 Å². The molecule has 0 aliphatic heterocycles. The summed E-state index contributed by atoms with van der Waals surface area (Å²) < 4.78 is 0. The molecule has 2 aromatic rings. The van der Waals surface area contributed by atoms with E-state index in [2.05, 4.69) is 48.7 Å². The first kappa shape index (κ1) is 18.1. The highest BCUT2D eigenvalue weighted by molar-refractivity contribution is 7.80. The molecule has 0 spiro atoms. The first-order valence-corrected chi connectivity index (χ1v) is 8.67. The molecule has 1 atom stereocenters. The van der Waals surface area contributed by atoms with Gasteiger partial charge in [-0.2, -0.15) is 0 Å². The fraction of sp³-hybridized carbons (Fsp3) is 0.300. The van der Waals surface area contributed by atoms with Gasteiger partial charge in [-0.15, -0.1) is 0 Å². The van der Waals surface area contributed by atoms with Crippen LogP contribution < -0.4 is 10.6 Å². The summed E-state index contributed by atoms with van der Waals surface area (Å²) in [6.07, 6.45) is 2.26. The zero-order valence-electron chi connectivity index (χ0n) is 14.4. The van der Waals surface area contributed by atoms with Crippen molar-refractivity contribution in [1.82, 2.24) is 5.32 Å². The predicted octanol–water partition coefficient (Wildman–Crippen LogP) is 4.89. The third-order valence-corrected chi connectivity index (χ3v) is 4.11. The Hall–Kier alpha value is -2.20. The number of carbonyl (C=O) groups is 1. The second-order valence-corrected chi connectivity index (χ2v) is 6.36. The average molecular weight is 340 g/mol. The Morgan fingerprint density at radius 2 is 1.88 bits per heavy atom. The summed E-state index contributed by atoms with van der Waals surface area (Å²) in [5.41, 5.74) is 4.03. The van der Waals surface area contributed by atoms with Gasteiger partial charge < -0.3 is 10.6 Å². The Balaban J connectivity index is 1.96. The van der Waals surface area contributed by atoms with Crippen LogP contribution in [0.5, 0.6) is 0 Å². The summed E-state index contributed by atoms with van der Waals surface area (Å²) in [6, 6.07) is 16.1. The highest BCUT2D eigenvalue weighted by atomic mass is 32.1. The van der Waals surface area contributed by atoms with Gasteiger partial charge in [0, 0.05) is 11.3 Å². The Bertz CT molecular complexity index is 710. The predicted molar refractivity (Wildman–Crippen MR) is 105 cm³/mol. The number of Topliss-reactive ketones (excluding diaryl/α,β-unsaturated/α-hetero) is 1. The van der Waals surface area contributed by atoms with Crippen molar-refractivity contribution in [3.8, 4) is 0 Å². The van der Waals surface area contributed by atoms with E-state index >= 15 is 0 Å². The Morgan fingerprint density at radius 3 is 2.50 bits per heavy atom. The van der Waals surface area contributed by atoms with Gasteiger partial charge in [0.05, 0.1) is 6.04 Å². The number of rotatable bonds is 6. The van der Waals surface area contributed by atoms with Crippen LogP contribution in [0.2, 0.25) is 0 Å². The molecule has 0 aliphatic rings. The number of carbonyl (C=O) groups excluding carboxylic acids is 1. The van der Waals surface area contributed by atoms with Crippen LogP contribution in [-0.4, -0.2) is 10.9 Å². The molecule has 126 valence electrons. The largest absolute Gasteiger partial charge is 0.356 e. The van der Waals surface area contributed by atoms with Crippen LogP contribution in [0.4, 0.5) is 5.69 Å². The van der Waals surface area contributed by atoms with Gasteiger partial charge in [-0.05, 0) is 55.7 Å². The number of anilines is 1. The molecule has 0 aromatic heterocycles. The molecule has 3 nitrogen and oxygen atoms in total. The molecule has 0 saturated carbocycles. The van der Waals surface area contributed by atoms with E-state index in [-0.39, 0.29) is 11.8 Å². The lowest BCUT2D eigenvalue weighted by Gasteiger charge is -2.18. The van der Waals surface area contributed by atoms with Crippen LogP contribution >= 0.6 is 12.2 Å². The van der Waals surface area contributed by atoms with E-state index in [1.807, 2.05) is 12.1 Å². The minimum atomic E-state index is 0.0399. The smallest absolute Gasteiger partial charge is 0.171 e. The maximum absolute atomic E-state index is 11.4. The van der Waals surface area contributed by atoms with Crippen molar-refractivity contribution in [2.75, 3.05) is 5.32 Å². The van der Waals surface area contributed by atoms with Crippen molar-refractivity contribution < 1.29 is 4.79 Å². The van der Waals surface area contributed by atoms with Crippen LogP contribution in [0.15, 0.2) is 48.5 Å². The summed E-state index contributed by atoms with van der Waals surface area (Å²) in [5, 5.41) is 6.96. The zero-order valence-corrected chi connectivity index (χ0v) is 15.2. The molecule has 1 unspecified atom stereocenters. The minimum Gasteiger partial charge on any atom is -0.356 e. The van der Waals surface area contributed by atoms with Gasteiger partial charge in [-0.3, -0.25) is 4.79 Å². The van der Waals surface area contributed by atoms with Gasteiger partial charge in [-0.1, -0.05) is 49.7 Å². The maximum atomic E-state index is 11.4.